The fourth-order valence-corrected chi connectivity index (χ4v) is 1.81. The van der Waals surface area contributed by atoms with Crippen LogP contribution in [0, 0.1) is 0 Å². The number of carbonyl (C=O) groups is 2. The van der Waals surface area contributed by atoms with Crippen molar-refractivity contribution in [3.05, 3.63) is 16.6 Å². The molecule has 1 saturated heterocycles. The van der Waals surface area contributed by atoms with Gasteiger partial charge < -0.3 is 10.2 Å². The second-order valence-corrected chi connectivity index (χ2v) is 3.72. The molecule has 0 saturated carbocycles. The molecule has 1 aliphatic rings. The van der Waals surface area contributed by atoms with E-state index in [9.17, 15) is 9.59 Å². The van der Waals surface area contributed by atoms with Crippen molar-refractivity contribution in [1.29, 1.82) is 0 Å². The summed E-state index contributed by atoms with van der Waals surface area (Å²) in [6.07, 6.45) is 0. The van der Waals surface area contributed by atoms with Crippen LogP contribution in [0.15, 0.2) is 10.9 Å². The Morgan fingerprint density at radius 3 is 3.14 bits per heavy atom. The highest BCUT2D eigenvalue weighted by molar-refractivity contribution is 7.07. The summed E-state index contributed by atoms with van der Waals surface area (Å²) in [5.74, 6) is -0.169. The minimum absolute atomic E-state index is 0.0578. The third-order valence-corrected chi connectivity index (χ3v) is 2.60. The largest absolute Gasteiger partial charge is 0.345 e. The highest BCUT2D eigenvalue weighted by Gasteiger charge is 2.23. The van der Waals surface area contributed by atoms with E-state index in [2.05, 4.69) is 10.3 Å². The van der Waals surface area contributed by atoms with Gasteiger partial charge in [-0.1, -0.05) is 0 Å². The molecule has 0 spiro atoms. The molecule has 2 heterocycles. The first-order valence-electron chi connectivity index (χ1n) is 4.17. The summed E-state index contributed by atoms with van der Waals surface area (Å²) in [6.45, 7) is 0.662. The summed E-state index contributed by atoms with van der Waals surface area (Å²) < 4.78 is 0. The maximum absolute atomic E-state index is 11.4. The fourth-order valence-electron chi connectivity index (χ4n) is 1.26. The van der Waals surface area contributed by atoms with Gasteiger partial charge in [0.15, 0.2) is 0 Å². The summed E-state index contributed by atoms with van der Waals surface area (Å²) in [5.41, 5.74) is 2.54. The number of hydrogen-bond acceptors (Lipinski definition) is 4. The first kappa shape index (κ1) is 9.14. The lowest BCUT2D eigenvalue weighted by Crippen LogP contribution is -2.51. The number of nitrogens with zero attached hydrogens (tertiary/aromatic N) is 2. The number of nitrogens with one attached hydrogen (secondary N) is 1. The molecule has 6 heteroatoms. The number of hydrogen-bond donors (Lipinski definition) is 1. The van der Waals surface area contributed by atoms with E-state index in [-0.39, 0.29) is 24.9 Å². The Balaban J connectivity index is 2.02. The van der Waals surface area contributed by atoms with Crippen molar-refractivity contribution in [2.75, 3.05) is 13.1 Å². The van der Waals surface area contributed by atoms with Crippen LogP contribution in [0.4, 0.5) is 0 Å². The van der Waals surface area contributed by atoms with Gasteiger partial charge in [-0.05, 0) is 0 Å². The van der Waals surface area contributed by atoms with Crippen molar-refractivity contribution in [2.45, 2.75) is 6.54 Å². The number of rotatable bonds is 2. The highest BCUT2D eigenvalue weighted by Crippen LogP contribution is 2.06. The van der Waals surface area contributed by atoms with Crippen molar-refractivity contribution < 1.29 is 9.59 Å². The number of amides is 2. The third kappa shape index (κ3) is 1.90. The quantitative estimate of drug-likeness (QED) is 0.724. The maximum Gasteiger partial charge on any atom is 0.242 e. The molecule has 0 radical (unpaired) electrons. The molecule has 1 fully saturated rings. The fraction of sp³-hybridized carbons (Fsp3) is 0.375. The average Bonchev–Trinajstić information content (AvgIpc) is 2.64. The van der Waals surface area contributed by atoms with Crippen molar-refractivity contribution >= 4 is 23.2 Å². The van der Waals surface area contributed by atoms with E-state index in [1.807, 2.05) is 5.38 Å². The molecule has 0 aromatic carbocycles. The monoisotopic (exact) mass is 211 g/mol. The van der Waals surface area contributed by atoms with Crippen LogP contribution in [0.2, 0.25) is 0 Å². The number of piperazine rings is 1. The SMILES string of the molecule is O=C1CN(Cc2cscn2)C(=O)CN1. The number of carbonyl (C=O) groups excluding carboxylic acids is 2. The third-order valence-electron chi connectivity index (χ3n) is 1.96. The molecular formula is C8H9N3O2S. The van der Waals surface area contributed by atoms with Crippen molar-refractivity contribution in [3.8, 4) is 0 Å². The summed E-state index contributed by atoms with van der Waals surface area (Å²) in [6, 6.07) is 0. The molecule has 0 bridgehead atoms. The van der Waals surface area contributed by atoms with Gasteiger partial charge in [-0.25, -0.2) is 4.98 Å². The molecular weight excluding hydrogens is 202 g/mol. The van der Waals surface area contributed by atoms with Gasteiger partial charge >= 0.3 is 0 Å². The summed E-state index contributed by atoms with van der Waals surface area (Å²) in [4.78, 5) is 27.9. The Hall–Kier alpha value is -1.43. The lowest BCUT2D eigenvalue weighted by Gasteiger charge is -2.25. The van der Waals surface area contributed by atoms with Gasteiger partial charge in [0.1, 0.15) is 0 Å². The molecule has 1 aliphatic heterocycles. The second-order valence-electron chi connectivity index (χ2n) is 3.01. The standard InChI is InChI=1S/C8H9N3O2S/c12-7-3-11(8(13)1-9-7)2-6-4-14-5-10-6/h4-5H,1-3H2,(H,9,12). The zero-order chi connectivity index (χ0) is 9.97. The number of thiazole rings is 1. The minimum Gasteiger partial charge on any atom is -0.345 e. The van der Waals surface area contributed by atoms with Gasteiger partial charge in [0.05, 0.1) is 30.8 Å². The Bertz CT molecular complexity index is 349. The number of aromatic nitrogens is 1. The Morgan fingerprint density at radius 1 is 1.57 bits per heavy atom. The van der Waals surface area contributed by atoms with E-state index in [1.165, 1.54) is 16.2 Å². The zero-order valence-corrected chi connectivity index (χ0v) is 8.21. The molecule has 1 aromatic rings. The van der Waals surface area contributed by atoms with E-state index >= 15 is 0 Å². The lowest BCUT2D eigenvalue weighted by atomic mass is 10.3. The van der Waals surface area contributed by atoms with Gasteiger partial charge in [0.25, 0.3) is 0 Å². The van der Waals surface area contributed by atoms with Crippen molar-refractivity contribution in [3.63, 3.8) is 0 Å². The molecule has 0 atom stereocenters. The summed E-state index contributed by atoms with van der Waals surface area (Å²) in [5, 5.41) is 4.37. The predicted molar refractivity (Wildman–Crippen MR) is 50.5 cm³/mol. The first-order valence-corrected chi connectivity index (χ1v) is 5.11. The van der Waals surface area contributed by atoms with Crippen LogP contribution >= 0.6 is 11.3 Å². The molecule has 0 aliphatic carbocycles. The molecule has 0 unspecified atom stereocenters. The summed E-state index contributed by atoms with van der Waals surface area (Å²) >= 11 is 1.48. The van der Waals surface area contributed by atoms with Crippen LogP contribution in [-0.4, -0.2) is 34.8 Å². The van der Waals surface area contributed by atoms with Crippen LogP contribution in [-0.2, 0) is 16.1 Å². The predicted octanol–water partition coefficient (Wildman–Crippen LogP) is -0.399. The Kier molecular flexibility index (Phi) is 2.45. The van der Waals surface area contributed by atoms with Gasteiger partial charge in [0.2, 0.25) is 11.8 Å². The van der Waals surface area contributed by atoms with Crippen molar-refractivity contribution in [1.82, 2.24) is 15.2 Å². The van der Waals surface area contributed by atoms with Gasteiger partial charge in [-0.2, -0.15) is 0 Å². The van der Waals surface area contributed by atoms with E-state index < -0.39 is 0 Å². The van der Waals surface area contributed by atoms with Gasteiger partial charge in [-0.15, -0.1) is 11.3 Å². The zero-order valence-electron chi connectivity index (χ0n) is 7.40. The van der Waals surface area contributed by atoms with Gasteiger partial charge in [-0.3, -0.25) is 9.59 Å². The Morgan fingerprint density at radius 2 is 2.43 bits per heavy atom. The normalized spacial score (nSPS) is 17.0. The van der Waals surface area contributed by atoms with E-state index in [0.717, 1.165) is 5.69 Å². The molecule has 1 aromatic heterocycles. The smallest absolute Gasteiger partial charge is 0.242 e. The molecule has 74 valence electrons. The van der Waals surface area contributed by atoms with Crippen molar-refractivity contribution in [2.24, 2.45) is 0 Å². The highest BCUT2D eigenvalue weighted by atomic mass is 32.1. The molecule has 2 rings (SSSR count). The minimum atomic E-state index is -0.111. The van der Waals surface area contributed by atoms with Crippen LogP contribution in [0.1, 0.15) is 5.69 Å². The molecule has 5 nitrogen and oxygen atoms in total. The molecule has 1 N–H and O–H groups in total. The average molecular weight is 211 g/mol. The van der Waals surface area contributed by atoms with Gasteiger partial charge in [0, 0.05) is 5.38 Å². The van der Waals surface area contributed by atoms with Crippen LogP contribution in [0.25, 0.3) is 0 Å². The van der Waals surface area contributed by atoms with Crippen LogP contribution in [0.3, 0.4) is 0 Å². The topological polar surface area (TPSA) is 62.3 Å². The lowest BCUT2D eigenvalue weighted by molar-refractivity contribution is -0.141. The second kappa shape index (κ2) is 3.75. The molecule has 14 heavy (non-hydrogen) atoms. The maximum atomic E-state index is 11.4. The molecule has 2 amide bonds. The van der Waals surface area contributed by atoms with Crippen LogP contribution in [0.5, 0.6) is 0 Å². The van der Waals surface area contributed by atoms with Crippen LogP contribution < -0.4 is 5.32 Å². The summed E-state index contributed by atoms with van der Waals surface area (Å²) in [7, 11) is 0. The first-order chi connectivity index (χ1) is 6.75. The van der Waals surface area contributed by atoms with E-state index in [4.69, 9.17) is 0 Å². The van der Waals surface area contributed by atoms with E-state index in [1.54, 1.807) is 5.51 Å². The Labute approximate surface area is 84.7 Å². The van der Waals surface area contributed by atoms with E-state index in [0.29, 0.717) is 6.54 Å².